The summed E-state index contributed by atoms with van der Waals surface area (Å²) < 4.78 is 40.4. The van der Waals surface area contributed by atoms with Crippen LogP contribution in [0.2, 0.25) is 0 Å². The highest BCUT2D eigenvalue weighted by Crippen LogP contribution is 2.15. The van der Waals surface area contributed by atoms with Gasteiger partial charge in [-0.15, -0.1) is 0 Å². The van der Waals surface area contributed by atoms with Gasteiger partial charge in [0.1, 0.15) is 5.82 Å². The molecule has 2 N–H and O–H groups in total. The fraction of sp³-hybridized carbons (Fsp3) is 0.625. The third-order valence-corrected chi connectivity index (χ3v) is 4.37. The monoisotopic (exact) mass is 405 g/mol. The number of rotatable bonds is 7. The average molecular weight is 405 g/mol. The van der Waals surface area contributed by atoms with Crippen molar-refractivity contribution in [2.75, 3.05) is 0 Å². The summed E-state index contributed by atoms with van der Waals surface area (Å²) in [6, 6.07) is 0. The second-order valence-electron chi connectivity index (χ2n) is 6.58. The van der Waals surface area contributed by atoms with Gasteiger partial charge in [-0.25, -0.2) is 9.78 Å². The van der Waals surface area contributed by atoms with Gasteiger partial charge in [-0.05, 0) is 26.2 Å². The number of nitrogens with one attached hydrogen (secondary N) is 1. The van der Waals surface area contributed by atoms with E-state index in [9.17, 15) is 32.7 Å². The zero-order valence-corrected chi connectivity index (χ0v) is 15.7. The van der Waals surface area contributed by atoms with Gasteiger partial charge in [0.05, 0.1) is 12.6 Å². The van der Waals surface area contributed by atoms with Crippen molar-refractivity contribution in [1.29, 1.82) is 0 Å². The molecule has 156 valence electrons. The Hall–Kier alpha value is -2.63. The van der Waals surface area contributed by atoms with Crippen LogP contribution in [0.5, 0.6) is 0 Å². The Morgan fingerprint density at radius 1 is 1.21 bits per heavy atom. The molecule has 0 bridgehead atoms. The minimum atomic E-state index is -5.03. The molecule has 0 aromatic carbocycles. The van der Waals surface area contributed by atoms with Crippen LogP contribution in [0, 0.1) is 0 Å². The maximum Gasteiger partial charge on any atom is 0.471 e. The number of nitrogens with zero attached hydrogens (tertiary/aromatic N) is 4. The van der Waals surface area contributed by atoms with Gasteiger partial charge in [-0.2, -0.15) is 13.2 Å². The second-order valence-corrected chi connectivity index (χ2v) is 6.58. The van der Waals surface area contributed by atoms with E-state index in [1.54, 1.807) is 12.2 Å². The lowest BCUT2D eigenvalue weighted by Crippen LogP contribution is -2.39. The highest BCUT2D eigenvalue weighted by molar-refractivity contribution is 5.81. The largest absolute Gasteiger partial charge is 0.471 e. The minimum Gasteiger partial charge on any atom is -0.393 e. The Morgan fingerprint density at radius 3 is 2.43 bits per heavy atom. The summed E-state index contributed by atoms with van der Waals surface area (Å²) in [7, 11) is 2.83. The van der Waals surface area contributed by atoms with Crippen molar-refractivity contribution in [3.63, 3.8) is 0 Å². The number of aryl methyl sites for hydroxylation is 2. The van der Waals surface area contributed by atoms with E-state index in [1.165, 1.54) is 18.7 Å². The number of carbonyl (C=O) groups excluding carboxylic acids is 1. The van der Waals surface area contributed by atoms with Crippen molar-refractivity contribution in [2.24, 2.45) is 14.1 Å². The average Bonchev–Trinajstić information content (AvgIpc) is 2.92. The van der Waals surface area contributed by atoms with Crippen LogP contribution in [0.25, 0.3) is 11.2 Å². The van der Waals surface area contributed by atoms with Crippen LogP contribution >= 0.6 is 0 Å². The van der Waals surface area contributed by atoms with Gasteiger partial charge in [-0.1, -0.05) is 0 Å². The molecule has 0 aliphatic rings. The van der Waals surface area contributed by atoms with Crippen molar-refractivity contribution < 1.29 is 23.1 Å². The maximum atomic E-state index is 12.7. The molecule has 1 atom stereocenters. The first-order valence-electron chi connectivity index (χ1n) is 8.63. The summed E-state index contributed by atoms with van der Waals surface area (Å²) in [6.45, 7) is 1.23. The number of unbranched alkanes of at least 4 members (excludes halogenated alkanes) is 1. The molecule has 2 aromatic heterocycles. The third kappa shape index (κ3) is 4.43. The number of fused-ring (bicyclic) bond motifs is 1. The molecular formula is C16H22F3N5O4. The Morgan fingerprint density at radius 2 is 1.86 bits per heavy atom. The van der Waals surface area contributed by atoms with Gasteiger partial charge >= 0.3 is 17.8 Å². The zero-order chi connectivity index (χ0) is 21.2. The summed E-state index contributed by atoms with van der Waals surface area (Å²) in [5, 5.41) is 11.0. The summed E-state index contributed by atoms with van der Waals surface area (Å²) in [5.41, 5.74) is -1.14. The fourth-order valence-corrected chi connectivity index (χ4v) is 2.81. The second kappa shape index (κ2) is 8.17. The minimum absolute atomic E-state index is 0.00607. The first-order chi connectivity index (χ1) is 12.9. The van der Waals surface area contributed by atoms with Gasteiger partial charge in [0.2, 0.25) is 0 Å². The maximum absolute atomic E-state index is 12.7. The van der Waals surface area contributed by atoms with E-state index in [0.29, 0.717) is 19.3 Å². The molecule has 2 aromatic rings. The summed E-state index contributed by atoms with van der Waals surface area (Å²) in [4.78, 5) is 40.2. The number of carbonyl (C=O) groups is 1. The van der Waals surface area contributed by atoms with Crippen LogP contribution in [-0.4, -0.2) is 42.0 Å². The molecule has 2 rings (SSSR count). The Balaban J connectivity index is 2.36. The van der Waals surface area contributed by atoms with E-state index in [-0.39, 0.29) is 23.5 Å². The van der Waals surface area contributed by atoms with Crippen LogP contribution in [0.4, 0.5) is 13.2 Å². The van der Waals surface area contributed by atoms with Crippen molar-refractivity contribution in [3.05, 3.63) is 26.7 Å². The molecular weight excluding hydrogens is 383 g/mol. The number of aromatic nitrogens is 4. The lowest BCUT2D eigenvalue weighted by molar-refractivity contribution is -0.173. The standard InChI is InChI=1S/C16H22F3N5O4/c1-9(25)6-4-5-7-24-13(26)11-12(23(3)15(24)28)21-10(22(11)2)8-20-14(27)16(17,18)19/h9,25H,4-8H2,1-3H3,(H,20,27). The van der Waals surface area contributed by atoms with Crippen molar-refractivity contribution >= 4 is 17.1 Å². The first-order valence-corrected chi connectivity index (χ1v) is 8.63. The fourth-order valence-electron chi connectivity index (χ4n) is 2.81. The van der Waals surface area contributed by atoms with E-state index >= 15 is 0 Å². The quantitative estimate of drug-likeness (QED) is 0.638. The molecule has 1 unspecified atom stereocenters. The molecule has 0 radical (unpaired) electrons. The molecule has 12 heteroatoms. The first kappa shape index (κ1) is 21.7. The molecule has 28 heavy (non-hydrogen) atoms. The lowest BCUT2D eigenvalue weighted by atomic mass is 10.2. The molecule has 1 amide bonds. The molecule has 0 saturated heterocycles. The summed E-state index contributed by atoms with van der Waals surface area (Å²) >= 11 is 0. The van der Waals surface area contributed by atoms with E-state index in [4.69, 9.17) is 0 Å². The van der Waals surface area contributed by atoms with Crippen LogP contribution in [0.3, 0.4) is 0 Å². The number of amides is 1. The Kier molecular flexibility index (Phi) is 6.32. The van der Waals surface area contributed by atoms with E-state index in [2.05, 4.69) is 4.98 Å². The summed E-state index contributed by atoms with van der Waals surface area (Å²) in [5.74, 6) is -2.12. The number of alkyl halides is 3. The lowest BCUT2D eigenvalue weighted by Gasteiger charge is -2.09. The molecule has 0 saturated carbocycles. The highest BCUT2D eigenvalue weighted by Gasteiger charge is 2.38. The highest BCUT2D eigenvalue weighted by atomic mass is 19.4. The molecule has 0 fully saturated rings. The van der Waals surface area contributed by atoms with Gasteiger partial charge in [-0.3, -0.25) is 18.7 Å². The van der Waals surface area contributed by atoms with Gasteiger partial charge < -0.3 is 15.0 Å². The molecule has 2 heterocycles. The van der Waals surface area contributed by atoms with E-state index < -0.39 is 36.0 Å². The van der Waals surface area contributed by atoms with Crippen LogP contribution in [0.1, 0.15) is 32.0 Å². The normalized spacial score (nSPS) is 13.1. The molecule has 0 spiro atoms. The number of aliphatic hydroxyl groups excluding tert-OH is 1. The summed E-state index contributed by atoms with van der Waals surface area (Å²) in [6.07, 6.45) is -3.86. The SMILES string of the molecule is CC(O)CCCCn1c(=O)c2c(nc(CNC(=O)C(F)(F)F)n2C)n(C)c1=O. The number of hydrogen-bond donors (Lipinski definition) is 2. The van der Waals surface area contributed by atoms with Gasteiger partial charge in [0, 0.05) is 20.6 Å². The third-order valence-electron chi connectivity index (χ3n) is 4.37. The Labute approximate surface area is 157 Å². The Bertz CT molecular complexity index is 987. The van der Waals surface area contributed by atoms with Crippen LogP contribution in [0.15, 0.2) is 9.59 Å². The molecule has 9 nitrogen and oxygen atoms in total. The van der Waals surface area contributed by atoms with Crippen molar-refractivity contribution in [2.45, 2.75) is 51.6 Å². The molecule has 0 aliphatic carbocycles. The zero-order valence-electron chi connectivity index (χ0n) is 15.7. The van der Waals surface area contributed by atoms with E-state index in [0.717, 1.165) is 9.13 Å². The number of aliphatic hydroxyl groups is 1. The van der Waals surface area contributed by atoms with Crippen molar-refractivity contribution in [1.82, 2.24) is 24.0 Å². The number of imidazole rings is 1. The van der Waals surface area contributed by atoms with Crippen molar-refractivity contribution in [3.8, 4) is 0 Å². The predicted octanol–water partition coefficient (Wildman–Crippen LogP) is 0.163. The van der Waals surface area contributed by atoms with Crippen LogP contribution in [-0.2, 0) is 32.0 Å². The number of halogens is 3. The topological polar surface area (TPSA) is 111 Å². The van der Waals surface area contributed by atoms with E-state index in [1.807, 2.05) is 0 Å². The predicted molar refractivity (Wildman–Crippen MR) is 93.6 cm³/mol. The number of hydrogen-bond acceptors (Lipinski definition) is 5. The smallest absolute Gasteiger partial charge is 0.393 e. The van der Waals surface area contributed by atoms with Crippen LogP contribution < -0.4 is 16.6 Å². The van der Waals surface area contributed by atoms with Gasteiger partial charge in [0.25, 0.3) is 5.56 Å². The van der Waals surface area contributed by atoms with Gasteiger partial charge in [0.15, 0.2) is 11.2 Å². The molecule has 0 aliphatic heterocycles.